The summed E-state index contributed by atoms with van der Waals surface area (Å²) in [7, 11) is 0. The van der Waals surface area contributed by atoms with Crippen molar-refractivity contribution in [1.29, 1.82) is 0 Å². The molecule has 33 heavy (non-hydrogen) atoms. The molecular formula is C20H11F5N4O3S. The topological polar surface area (TPSA) is 96.0 Å². The summed E-state index contributed by atoms with van der Waals surface area (Å²) in [4.78, 5) is 40.0. The molecular weight excluding hydrogens is 471 g/mol. The number of halogens is 5. The molecule has 1 aliphatic heterocycles. The van der Waals surface area contributed by atoms with Crippen LogP contribution in [0.15, 0.2) is 53.3 Å². The highest BCUT2D eigenvalue weighted by Gasteiger charge is 2.68. The number of aromatic nitrogens is 2. The van der Waals surface area contributed by atoms with Crippen LogP contribution in [0.3, 0.4) is 0 Å². The van der Waals surface area contributed by atoms with Gasteiger partial charge in [-0.15, -0.1) is 0 Å². The number of benzene rings is 2. The van der Waals surface area contributed by atoms with Gasteiger partial charge in [0.05, 0.1) is 11.3 Å². The minimum Gasteiger partial charge on any atom is -0.326 e. The van der Waals surface area contributed by atoms with Crippen molar-refractivity contribution in [2.75, 3.05) is 5.32 Å². The van der Waals surface area contributed by atoms with Gasteiger partial charge in [0.1, 0.15) is 23.0 Å². The lowest BCUT2D eigenvalue weighted by atomic mass is 9.91. The maximum Gasteiger partial charge on any atom is 0.425 e. The molecule has 2 aromatic carbocycles. The van der Waals surface area contributed by atoms with Crippen LogP contribution in [0.4, 0.5) is 27.8 Å². The number of para-hydroxylation sites is 1. The second-order valence-electron chi connectivity index (χ2n) is 6.91. The maximum atomic E-state index is 14.4. The number of nitrogens with one attached hydrogen (secondary N) is 3. The Labute approximate surface area is 185 Å². The van der Waals surface area contributed by atoms with Crippen molar-refractivity contribution in [2.45, 2.75) is 11.7 Å². The van der Waals surface area contributed by atoms with Crippen LogP contribution >= 0.6 is 12.2 Å². The van der Waals surface area contributed by atoms with Crippen molar-refractivity contribution >= 4 is 29.9 Å². The zero-order chi connectivity index (χ0) is 24.1. The number of carbonyl (C=O) groups is 2. The smallest absolute Gasteiger partial charge is 0.326 e. The zero-order valence-corrected chi connectivity index (χ0v) is 16.9. The van der Waals surface area contributed by atoms with Gasteiger partial charge in [0.2, 0.25) is 0 Å². The second kappa shape index (κ2) is 7.62. The fourth-order valence-corrected chi connectivity index (χ4v) is 3.81. The lowest BCUT2D eigenvalue weighted by molar-refractivity contribution is -0.196. The molecule has 0 fully saturated rings. The summed E-state index contributed by atoms with van der Waals surface area (Å²) >= 11 is 4.98. The van der Waals surface area contributed by atoms with E-state index in [4.69, 9.17) is 12.2 Å². The second-order valence-corrected chi connectivity index (χ2v) is 7.29. The Balaban J connectivity index is 2.01. The summed E-state index contributed by atoms with van der Waals surface area (Å²) in [6.07, 6.45) is -5.56. The summed E-state index contributed by atoms with van der Waals surface area (Å²) in [5.41, 5.74) is -7.80. The molecule has 2 heterocycles. The van der Waals surface area contributed by atoms with Crippen molar-refractivity contribution < 1.29 is 31.5 Å². The fourth-order valence-electron chi connectivity index (χ4n) is 3.52. The molecule has 13 heteroatoms. The monoisotopic (exact) mass is 482 g/mol. The predicted octanol–water partition coefficient (Wildman–Crippen LogP) is 3.31. The first kappa shape index (κ1) is 22.3. The van der Waals surface area contributed by atoms with Crippen LogP contribution in [-0.2, 0) is 10.3 Å². The van der Waals surface area contributed by atoms with Crippen molar-refractivity contribution in [3.63, 3.8) is 0 Å². The number of amides is 2. The third-order valence-corrected chi connectivity index (χ3v) is 5.28. The number of alkyl halides is 3. The lowest BCUT2D eigenvalue weighted by Crippen LogP contribution is -2.61. The molecule has 2 amide bonds. The van der Waals surface area contributed by atoms with Crippen LogP contribution in [0, 0.1) is 16.4 Å². The molecule has 0 unspecified atom stereocenters. The highest BCUT2D eigenvalue weighted by molar-refractivity contribution is 7.71. The molecule has 1 atom stereocenters. The number of H-pyrrole nitrogens is 1. The number of carbonyl (C=O) groups excluding carboxylic acids is 2. The number of hydrogen-bond donors (Lipinski definition) is 3. The lowest BCUT2D eigenvalue weighted by Gasteiger charge is -2.30. The van der Waals surface area contributed by atoms with Crippen LogP contribution in [0.25, 0.3) is 5.69 Å². The third-order valence-electron chi connectivity index (χ3n) is 5.00. The number of rotatable bonds is 3. The molecule has 170 valence electrons. The Bertz CT molecular complexity index is 1430. The van der Waals surface area contributed by atoms with Crippen LogP contribution in [0.5, 0.6) is 0 Å². The van der Waals surface area contributed by atoms with E-state index in [1.165, 1.54) is 29.6 Å². The van der Waals surface area contributed by atoms with Crippen LogP contribution in [0.2, 0.25) is 0 Å². The molecule has 7 nitrogen and oxygen atoms in total. The summed E-state index contributed by atoms with van der Waals surface area (Å²) < 4.78 is 71.8. The Morgan fingerprint density at radius 1 is 1.00 bits per heavy atom. The van der Waals surface area contributed by atoms with Gasteiger partial charge in [-0.25, -0.2) is 8.78 Å². The van der Waals surface area contributed by atoms with Gasteiger partial charge < -0.3 is 10.6 Å². The largest absolute Gasteiger partial charge is 0.425 e. The average Bonchev–Trinajstić information content (AvgIpc) is 3.02. The van der Waals surface area contributed by atoms with Gasteiger partial charge in [-0.05, 0) is 36.5 Å². The van der Waals surface area contributed by atoms with E-state index in [-0.39, 0.29) is 5.69 Å². The van der Waals surface area contributed by atoms with E-state index >= 15 is 0 Å². The Hall–Kier alpha value is -3.87. The summed E-state index contributed by atoms with van der Waals surface area (Å²) in [5, 5.41) is 3.36. The van der Waals surface area contributed by atoms with E-state index in [1.807, 2.05) is 10.3 Å². The van der Waals surface area contributed by atoms with Crippen molar-refractivity contribution in [1.82, 2.24) is 14.9 Å². The van der Waals surface area contributed by atoms with Gasteiger partial charge in [-0.1, -0.05) is 24.3 Å². The van der Waals surface area contributed by atoms with Gasteiger partial charge in [-0.3, -0.25) is 23.9 Å². The van der Waals surface area contributed by atoms with E-state index in [1.54, 1.807) is 0 Å². The van der Waals surface area contributed by atoms with Crippen LogP contribution in [0.1, 0.15) is 15.9 Å². The van der Waals surface area contributed by atoms with E-state index in [2.05, 4.69) is 0 Å². The molecule has 3 N–H and O–H groups in total. The van der Waals surface area contributed by atoms with Crippen molar-refractivity contribution in [3.8, 4) is 5.69 Å². The number of nitrogens with zero attached hydrogens (tertiary/aromatic N) is 1. The van der Waals surface area contributed by atoms with Gasteiger partial charge in [0.15, 0.2) is 4.77 Å². The number of hydrogen-bond acceptors (Lipinski definition) is 4. The predicted molar refractivity (Wildman–Crippen MR) is 107 cm³/mol. The molecule has 4 rings (SSSR count). The summed E-state index contributed by atoms with van der Waals surface area (Å²) in [5.74, 6) is -6.32. The molecule has 0 spiro atoms. The molecule has 1 aliphatic rings. The van der Waals surface area contributed by atoms with E-state index < -0.39 is 62.4 Å². The molecule has 0 saturated carbocycles. The highest BCUT2D eigenvalue weighted by atomic mass is 32.1. The van der Waals surface area contributed by atoms with E-state index in [0.29, 0.717) is 4.57 Å². The summed E-state index contributed by atoms with van der Waals surface area (Å²) in [6, 6.07) is 8.94. The molecule has 1 aromatic heterocycles. The molecule has 0 saturated heterocycles. The number of fused-ring (bicyclic) bond motifs is 1. The van der Waals surface area contributed by atoms with Crippen molar-refractivity contribution in [3.05, 3.63) is 86.4 Å². The Morgan fingerprint density at radius 2 is 1.61 bits per heavy atom. The van der Waals surface area contributed by atoms with Crippen LogP contribution < -0.4 is 16.2 Å². The van der Waals surface area contributed by atoms with E-state index in [0.717, 1.165) is 24.3 Å². The van der Waals surface area contributed by atoms with Crippen molar-refractivity contribution in [2.24, 2.45) is 0 Å². The minimum absolute atomic E-state index is 0.367. The molecule has 0 bridgehead atoms. The Morgan fingerprint density at radius 3 is 2.21 bits per heavy atom. The normalized spacial score (nSPS) is 17.4. The number of anilines is 1. The zero-order valence-electron chi connectivity index (χ0n) is 16.1. The quantitative estimate of drug-likeness (QED) is 0.394. The van der Waals surface area contributed by atoms with Gasteiger partial charge in [0, 0.05) is 0 Å². The first-order chi connectivity index (χ1) is 15.5. The van der Waals surface area contributed by atoms with Gasteiger partial charge in [-0.2, -0.15) is 13.2 Å². The SMILES string of the molecule is O=C(N[C@]1(C(F)(F)F)C(=O)Nc2c1c(=O)[nH]c(=S)n2-c1ccccc1F)c1ccccc1F. The summed E-state index contributed by atoms with van der Waals surface area (Å²) in [6.45, 7) is 0. The fraction of sp³-hybridized carbons (Fsp3) is 0.100. The molecule has 0 aliphatic carbocycles. The standard InChI is InChI=1S/C20H11F5N4O3S/c21-10-6-2-1-5-9(10)15(30)28-19(20(23,24)25)13-14(26-17(19)32)29(18(33)27-16(13)31)12-8-4-3-7-11(12)22/h1-8H,(H,26,32)(H,28,30)(H,27,31,33)/t19-/m0/s1. The molecule has 3 aromatic rings. The first-order valence-electron chi connectivity index (χ1n) is 9.09. The maximum absolute atomic E-state index is 14.4. The average molecular weight is 482 g/mol. The first-order valence-corrected chi connectivity index (χ1v) is 9.50. The van der Waals surface area contributed by atoms with Crippen LogP contribution in [-0.4, -0.2) is 27.5 Å². The highest BCUT2D eigenvalue weighted by Crippen LogP contribution is 2.46. The minimum atomic E-state index is -5.56. The Kier molecular flexibility index (Phi) is 5.16. The third kappa shape index (κ3) is 3.31. The van der Waals surface area contributed by atoms with Gasteiger partial charge >= 0.3 is 6.18 Å². The molecule has 0 radical (unpaired) electrons. The number of aromatic amines is 1. The van der Waals surface area contributed by atoms with Gasteiger partial charge in [0.25, 0.3) is 22.9 Å². The van der Waals surface area contributed by atoms with E-state index in [9.17, 15) is 36.3 Å².